The number of carboxylic acids is 2. The SMILES string of the molecule is CC(C)C[C@H](N)C(=O)N1CCC[C@@H](NCC(N)=O)C1.O=C(O)C(F)(F)F.O=C(O)C(F)(F)F. The van der Waals surface area contributed by atoms with Gasteiger partial charge in [0, 0.05) is 19.1 Å². The quantitative estimate of drug-likeness (QED) is 0.332. The number of halogens is 6. The summed E-state index contributed by atoms with van der Waals surface area (Å²) >= 11 is 0. The number of amides is 2. The van der Waals surface area contributed by atoms with Gasteiger partial charge in [-0.05, 0) is 25.2 Å². The Bertz CT molecular complexity index is 633. The summed E-state index contributed by atoms with van der Waals surface area (Å²) in [7, 11) is 0. The standard InChI is InChI=1S/C13H26N4O2.2C2HF3O2/c1-9(2)6-11(14)13(19)17-5-3-4-10(8-17)16-7-12(15)18;2*3-2(4,5)1(6)7/h9-11,16H,3-8,14H2,1-2H3,(H2,15,18);2*(H,6,7)/t10-,11+;;/m1../s1. The molecule has 0 aromatic heterocycles. The fourth-order valence-corrected chi connectivity index (χ4v) is 2.43. The molecule has 33 heavy (non-hydrogen) atoms. The van der Waals surface area contributed by atoms with Crippen LogP contribution in [0.25, 0.3) is 0 Å². The minimum Gasteiger partial charge on any atom is -0.475 e. The highest BCUT2D eigenvalue weighted by atomic mass is 19.4. The number of hydrogen-bond acceptors (Lipinski definition) is 6. The fraction of sp³-hybridized carbons (Fsp3) is 0.765. The first-order valence-corrected chi connectivity index (χ1v) is 9.45. The highest BCUT2D eigenvalue weighted by Gasteiger charge is 2.38. The Morgan fingerprint density at radius 3 is 1.79 bits per heavy atom. The van der Waals surface area contributed by atoms with Gasteiger partial charge < -0.3 is 31.9 Å². The van der Waals surface area contributed by atoms with Gasteiger partial charge in [-0.2, -0.15) is 26.3 Å². The largest absolute Gasteiger partial charge is 0.490 e. The predicted octanol–water partition coefficient (Wildman–Crippen LogP) is 0.692. The minimum atomic E-state index is -5.08. The highest BCUT2D eigenvalue weighted by Crippen LogP contribution is 2.14. The number of carbonyl (C=O) groups excluding carboxylic acids is 2. The van der Waals surface area contributed by atoms with Crippen LogP contribution in [0.5, 0.6) is 0 Å². The van der Waals surface area contributed by atoms with E-state index in [4.69, 9.17) is 31.3 Å². The van der Waals surface area contributed by atoms with Crippen molar-refractivity contribution < 1.29 is 55.7 Å². The Kier molecular flexibility index (Phi) is 14.3. The van der Waals surface area contributed by atoms with Crippen molar-refractivity contribution in [2.45, 2.75) is 57.5 Å². The molecule has 0 aromatic carbocycles. The van der Waals surface area contributed by atoms with Gasteiger partial charge in [-0.1, -0.05) is 13.8 Å². The lowest BCUT2D eigenvalue weighted by Crippen LogP contribution is -2.53. The number of hydrogen-bond donors (Lipinski definition) is 5. The second-order valence-electron chi connectivity index (χ2n) is 7.31. The van der Waals surface area contributed by atoms with Crippen LogP contribution in [0.1, 0.15) is 33.1 Å². The van der Waals surface area contributed by atoms with Crippen LogP contribution in [0.15, 0.2) is 0 Å². The minimum absolute atomic E-state index is 0.0132. The summed E-state index contributed by atoms with van der Waals surface area (Å²) < 4.78 is 63.5. The lowest BCUT2D eigenvalue weighted by atomic mass is 10.0. The molecule has 0 aliphatic carbocycles. The molecule has 1 saturated heterocycles. The molecule has 1 heterocycles. The first kappa shape index (κ1) is 32.6. The predicted molar refractivity (Wildman–Crippen MR) is 102 cm³/mol. The Morgan fingerprint density at radius 1 is 1.03 bits per heavy atom. The van der Waals surface area contributed by atoms with E-state index >= 15 is 0 Å². The first-order chi connectivity index (χ1) is 14.8. The van der Waals surface area contributed by atoms with Crippen molar-refractivity contribution in [3.8, 4) is 0 Å². The number of alkyl halides is 6. The van der Waals surface area contributed by atoms with Crippen molar-refractivity contribution in [3.05, 3.63) is 0 Å². The number of likely N-dealkylation sites (tertiary alicyclic amines) is 1. The van der Waals surface area contributed by atoms with Crippen molar-refractivity contribution in [1.82, 2.24) is 10.2 Å². The molecule has 0 saturated carbocycles. The van der Waals surface area contributed by atoms with Gasteiger partial charge in [0.25, 0.3) is 0 Å². The van der Waals surface area contributed by atoms with Crippen LogP contribution in [0.2, 0.25) is 0 Å². The van der Waals surface area contributed by atoms with Crippen LogP contribution in [0, 0.1) is 5.92 Å². The molecule has 1 aliphatic rings. The zero-order valence-electron chi connectivity index (χ0n) is 17.9. The Hall–Kier alpha value is -2.62. The molecule has 1 aliphatic heterocycles. The van der Waals surface area contributed by atoms with Crippen LogP contribution in [0.4, 0.5) is 26.3 Å². The zero-order chi connectivity index (χ0) is 26.6. The molecule has 0 radical (unpaired) electrons. The van der Waals surface area contributed by atoms with E-state index in [1.807, 2.05) is 0 Å². The Morgan fingerprint density at radius 2 is 1.45 bits per heavy atom. The highest BCUT2D eigenvalue weighted by molar-refractivity contribution is 5.81. The number of carbonyl (C=O) groups is 4. The molecule has 2 atom stereocenters. The molecular formula is C17H28F6N4O6. The van der Waals surface area contributed by atoms with Crippen LogP contribution in [-0.2, 0) is 19.2 Å². The third-order valence-electron chi connectivity index (χ3n) is 3.83. The van der Waals surface area contributed by atoms with E-state index < -0.39 is 30.3 Å². The van der Waals surface area contributed by atoms with Gasteiger partial charge in [-0.25, -0.2) is 9.59 Å². The van der Waals surface area contributed by atoms with Gasteiger partial charge in [-0.15, -0.1) is 0 Å². The average Bonchev–Trinajstić information content (AvgIpc) is 2.65. The molecular weight excluding hydrogens is 470 g/mol. The second-order valence-corrected chi connectivity index (χ2v) is 7.31. The summed E-state index contributed by atoms with van der Waals surface area (Å²) in [4.78, 5) is 42.5. The molecule has 0 aromatic rings. The van der Waals surface area contributed by atoms with E-state index in [0.717, 1.165) is 19.4 Å². The molecule has 1 fully saturated rings. The van der Waals surface area contributed by atoms with Crippen LogP contribution < -0.4 is 16.8 Å². The number of rotatable bonds is 6. The average molecular weight is 498 g/mol. The fourth-order valence-electron chi connectivity index (χ4n) is 2.43. The maximum Gasteiger partial charge on any atom is 0.490 e. The van der Waals surface area contributed by atoms with E-state index in [0.29, 0.717) is 18.9 Å². The lowest BCUT2D eigenvalue weighted by Gasteiger charge is -2.34. The first-order valence-electron chi connectivity index (χ1n) is 9.45. The number of aliphatic carboxylic acids is 2. The van der Waals surface area contributed by atoms with Crippen molar-refractivity contribution >= 4 is 23.8 Å². The number of nitrogens with one attached hydrogen (secondary N) is 1. The summed E-state index contributed by atoms with van der Waals surface area (Å²) in [5.41, 5.74) is 11.0. The smallest absolute Gasteiger partial charge is 0.475 e. The van der Waals surface area contributed by atoms with Crippen LogP contribution >= 0.6 is 0 Å². The van der Waals surface area contributed by atoms with Gasteiger partial charge in [0.15, 0.2) is 0 Å². The van der Waals surface area contributed by atoms with Gasteiger partial charge in [0.05, 0.1) is 12.6 Å². The summed E-state index contributed by atoms with van der Waals surface area (Å²) in [5, 5.41) is 17.3. The monoisotopic (exact) mass is 498 g/mol. The molecule has 194 valence electrons. The van der Waals surface area contributed by atoms with E-state index in [9.17, 15) is 35.9 Å². The normalized spacial score (nSPS) is 17.2. The summed E-state index contributed by atoms with van der Waals surface area (Å²) in [6.07, 6.45) is -7.58. The summed E-state index contributed by atoms with van der Waals surface area (Å²) in [6.45, 7) is 5.63. The van der Waals surface area contributed by atoms with E-state index in [-0.39, 0.29) is 24.4 Å². The Balaban J connectivity index is 0. The summed E-state index contributed by atoms with van der Waals surface area (Å²) in [5.74, 6) is -5.47. The molecule has 0 bridgehead atoms. The third-order valence-corrected chi connectivity index (χ3v) is 3.83. The van der Waals surface area contributed by atoms with E-state index in [1.165, 1.54) is 0 Å². The number of piperidine rings is 1. The number of nitrogens with zero attached hydrogens (tertiary/aromatic N) is 1. The topological polar surface area (TPSA) is 176 Å². The molecule has 2 amide bonds. The molecule has 16 heteroatoms. The van der Waals surface area contributed by atoms with Crippen molar-refractivity contribution in [2.24, 2.45) is 17.4 Å². The van der Waals surface area contributed by atoms with Gasteiger partial charge in [0.1, 0.15) is 0 Å². The second kappa shape index (κ2) is 14.5. The van der Waals surface area contributed by atoms with E-state index in [2.05, 4.69) is 19.2 Å². The third kappa shape index (κ3) is 16.6. The zero-order valence-corrected chi connectivity index (χ0v) is 17.9. The molecule has 7 N–H and O–H groups in total. The summed E-state index contributed by atoms with van der Waals surface area (Å²) in [6, 6.07) is -0.286. The van der Waals surface area contributed by atoms with Gasteiger partial charge in [0.2, 0.25) is 11.8 Å². The van der Waals surface area contributed by atoms with Crippen molar-refractivity contribution in [2.75, 3.05) is 19.6 Å². The van der Waals surface area contributed by atoms with Gasteiger partial charge in [-0.3, -0.25) is 9.59 Å². The van der Waals surface area contributed by atoms with Crippen LogP contribution in [-0.4, -0.2) is 82.9 Å². The van der Waals surface area contributed by atoms with E-state index in [1.54, 1.807) is 4.90 Å². The molecule has 0 unspecified atom stereocenters. The van der Waals surface area contributed by atoms with Gasteiger partial charge >= 0.3 is 24.3 Å². The lowest BCUT2D eigenvalue weighted by molar-refractivity contribution is -0.193. The molecule has 0 spiro atoms. The van der Waals surface area contributed by atoms with Crippen molar-refractivity contribution in [3.63, 3.8) is 0 Å². The Labute approximate surface area is 185 Å². The molecule has 1 rings (SSSR count). The number of nitrogens with two attached hydrogens (primary N) is 2. The van der Waals surface area contributed by atoms with Crippen LogP contribution in [0.3, 0.4) is 0 Å². The maximum atomic E-state index is 12.2. The number of primary amides is 1. The number of carboxylic acid groups (broad SMARTS) is 2. The molecule has 10 nitrogen and oxygen atoms in total. The van der Waals surface area contributed by atoms with Crippen molar-refractivity contribution in [1.29, 1.82) is 0 Å². The maximum absolute atomic E-state index is 12.2.